The van der Waals surface area contributed by atoms with Gasteiger partial charge in [-0.25, -0.2) is 0 Å². The molecule has 1 aliphatic heterocycles. The van der Waals surface area contributed by atoms with E-state index in [1.807, 2.05) is 6.07 Å². The second-order valence-corrected chi connectivity index (χ2v) is 6.19. The molecule has 1 N–H and O–H groups in total. The summed E-state index contributed by atoms with van der Waals surface area (Å²) in [4.78, 5) is 36.6. The number of nitro groups is 1. The van der Waals surface area contributed by atoms with E-state index in [9.17, 15) is 19.7 Å². The van der Waals surface area contributed by atoms with Crippen molar-refractivity contribution in [2.24, 2.45) is 0 Å². The number of aryl methyl sites for hydroxylation is 1. The summed E-state index contributed by atoms with van der Waals surface area (Å²) in [7, 11) is 1.48. The van der Waals surface area contributed by atoms with Crippen LogP contribution in [-0.4, -0.2) is 37.0 Å². The summed E-state index contributed by atoms with van der Waals surface area (Å²) in [5, 5.41) is 13.6. The summed E-state index contributed by atoms with van der Waals surface area (Å²) in [6, 6.07) is 10.9. The van der Waals surface area contributed by atoms with Crippen molar-refractivity contribution < 1.29 is 19.2 Å². The van der Waals surface area contributed by atoms with Crippen LogP contribution in [-0.2, 0) is 16.0 Å². The number of fused-ring (bicyclic) bond motifs is 1. The number of amides is 2. The minimum atomic E-state index is -0.540. The highest BCUT2D eigenvalue weighted by molar-refractivity contribution is 6.05. The Hall–Kier alpha value is -3.26. The first-order valence-corrected chi connectivity index (χ1v) is 8.47. The van der Waals surface area contributed by atoms with Crippen molar-refractivity contribution in [2.75, 3.05) is 30.5 Å². The van der Waals surface area contributed by atoms with Crippen LogP contribution in [0.15, 0.2) is 42.5 Å². The molecule has 2 aromatic rings. The van der Waals surface area contributed by atoms with Gasteiger partial charge in [0, 0.05) is 42.7 Å². The number of ether oxygens (including phenoxy) is 1. The monoisotopic (exact) mass is 369 g/mol. The van der Waals surface area contributed by atoms with Gasteiger partial charge in [0.1, 0.15) is 6.61 Å². The number of carbonyl (C=O) groups excluding carboxylic acids is 2. The number of rotatable bonds is 5. The molecular weight excluding hydrogens is 350 g/mol. The summed E-state index contributed by atoms with van der Waals surface area (Å²) in [5.74, 6) is -0.534. The highest BCUT2D eigenvalue weighted by Gasteiger charge is 2.23. The first kappa shape index (κ1) is 18.5. The first-order valence-electron chi connectivity index (χ1n) is 8.47. The molecule has 0 atom stereocenters. The number of nitro benzene ring substituents is 1. The van der Waals surface area contributed by atoms with Gasteiger partial charge in [-0.05, 0) is 42.7 Å². The van der Waals surface area contributed by atoms with E-state index in [0.717, 1.165) is 24.1 Å². The Morgan fingerprint density at radius 2 is 2.07 bits per heavy atom. The number of hydrogen-bond donors (Lipinski definition) is 1. The molecule has 0 bridgehead atoms. The van der Waals surface area contributed by atoms with Gasteiger partial charge in [0.15, 0.2) is 0 Å². The van der Waals surface area contributed by atoms with E-state index in [0.29, 0.717) is 12.2 Å². The molecule has 0 spiro atoms. The SMILES string of the molecule is COCC(=O)N1CCCc2cc(NC(=O)c3cccc([N+](=O)[O-])c3)ccc21. The van der Waals surface area contributed by atoms with Gasteiger partial charge in [0.25, 0.3) is 17.5 Å². The number of methoxy groups -OCH3 is 1. The molecule has 2 amide bonds. The zero-order valence-electron chi connectivity index (χ0n) is 14.8. The highest BCUT2D eigenvalue weighted by Crippen LogP contribution is 2.30. The second kappa shape index (κ2) is 7.96. The first-order chi connectivity index (χ1) is 13.0. The molecule has 0 unspecified atom stereocenters. The van der Waals surface area contributed by atoms with Crippen LogP contribution < -0.4 is 10.2 Å². The number of anilines is 2. The lowest BCUT2D eigenvalue weighted by Gasteiger charge is -2.29. The quantitative estimate of drug-likeness (QED) is 0.645. The topological polar surface area (TPSA) is 102 Å². The van der Waals surface area contributed by atoms with Crippen molar-refractivity contribution in [3.05, 3.63) is 63.7 Å². The van der Waals surface area contributed by atoms with E-state index in [-0.39, 0.29) is 23.8 Å². The molecule has 0 saturated carbocycles. The fourth-order valence-corrected chi connectivity index (χ4v) is 3.10. The van der Waals surface area contributed by atoms with Gasteiger partial charge in [-0.1, -0.05) is 6.07 Å². The van der Waals surface area contributed by atoms with E-state index < -0.39 is 10.8 Å². The number of hydrogen-bond acceptors (Lipinski definition) is 5. The average molecular weight is 369 g/mol. The van der Waals surface area contributed by atoms with Crippen LogP contribution in [0.1, 0.15) is 22.3 Å². The third kappa shape index (κ3) is 4.12. The molecule has 0 saturated heterocycles. The Morgan fingerprint density at radius 3 is 2.81 bits per heavy atom. The predicted molar refractivity (Wildman–Crippen MR) is 100 cm³/mol. The lowest BCUT2D eigenvalue weighted by atomic mass is 10.0. The smallest absolute Gasteiger partial charge is 0.270 e. The lowest BCUT2D eigenvalue weighted by Crippen LogP contribution is -2.37. The number of carbonyl (C=O) groups is 2. The van der Waals surface area contributed by atoms with E-state index in [4.69, 9.17) is 4.74 Å². The molecule has 3 rings (SSSR count). The maximum atomic E-state index is 12.4. The fourth-order valence-electron chi connectivity index (χ4n) is 3.10. The number of non-ortho nitro benzene ring substituents is 1. The summed E-state index contributed by atoms with van der Waals surface area (Å²) in [6.07, 6.45) is 1.62. The molecule has 27 heavy (non-hydrogen) atoms. The van der Waals surface area contributed by atoms with Gasteiger partial charge >= 0.3 is 0 Å². The van der Waals surface area contributed by atoms with Crippen molar-refractivity contribution in [3.63, 3.8) is 0 Å². The highest BCUT2D eigenvalue weighted by atomic mass is 16.6. The molecule has 8 heteroatoms. The molecule has 1 aliphatic rings. The van der Waals surface area contributed by atoms with Crippen LogP contribution in [0.3, 0.4) is 0 Å². The van der Waals surface area contributed by atoms with E-state index in [1.54, 1.807) is 17.0 Å². The summed E-state index contributed by atoms with van der Waals surface area (Å²) in [6.45, 7) is 0.652. The van der Waals surface area contributed by atoms with Crippen LogP contribution in [0.4, 0.5) is 17.1 Å². The van der Waals surface area contributed by atoms with Crippen LogP contribution in [0, 0.1) is 10.1 Å². The third-order valence-electron chi connectivity index (χ3n) is 4.34. The zero-order chi connectivity index (χ0) is 19.4. The van der Waals surface area contributed by atoms with Gasteiger partial charge in [0.2, 0.25) is 0 Å². The van der Waals surface area contributed by atoms with Crippen molar-refractivity contribution in [3.8, 4) is 0 Å². The standard InChI is InChI=1S/C19H19N3O5/c1-27-12-18(23)21-9-3-5-13-10-15(7-8-17(13)21)20-19(24)14-4-2-6-16(11-14)22(25)26/h2,4,6-8,10-11H,3,5,9,12H2,1H3,(H,20,24). The minimum Gasteiger partial charge on any atom is -0.375 e. The fraction of sp³-hybridized carbons (Fsp3) is 0.263. The van der Waals surface area contributed by atoms with E-state index >= 15 is 0 Å². The second-order valence-electron chi connectivity index (χ2n) is 6.19. The molecule has 0 fully saturated rings. The van der Waals surface area contributed by atoms with Gasteiger partial charge in [-0.15, -0.1) is 0 Å². The van der Waals surface area contributed by atoms with Crippen LogP contribution >= 0.6 is 0 Å². The van der Waals surface area contributed by atoms with Crippen LogP contribution in [0.25, 0.3) is 0 Å². The van der Waals surface area contributed by atoms with Gasteiger partial charge in [0.05, 0.1) is 4.92 Å². The zero-order valence-corrected chi connectivity index (χ0v) is 14.8. The summed E-state index contributed by atoms with van der Waals surface area (Å²) < 4.78 is 4.93. The molecule has 1 heterocycles. The molecule has 2 aromatic carbocycles. The predicted octanol–water partition coefficient (Wildman–Crippen LogP) is 2.77. The lowest BCUT2D eigenvalue weighted by molar-refractivity contribution is -0.384. The normalized spacial score (nSPS) is 13.0. The Balaban J connectivity index is 1.79. The number of nitrogens with zero attached hydrogens (tertiary/aromatic N) is 2. The van der Waals surface area contributed by atoms with E-state index in [1.165, 1.54) is 31.4 Å². The maximum absolute atomic E-state index is 12.4. The number of benzene rings is 2. The Kier molecular flexibility index (Phi) is 5.46. The Morgan fingerprint density at radius 1 is 1.26 bits per heavy atom. The number of nitrogens with one attached hydrogen (secondary N) is 1. The van der Waals surface area contributed by atoms with Crippen molar-refractivity contribution in [1.82, 2.24) is 0 Å². The Labute approximate surface area is 155 Å². The Bertz CT molecular complexity index is 897. The van der Waals surface area contributed by atoms with Crippen LogP contribution in [0.5, 0.6) is 0 Å². The van der Waals surface area contributed by atoms with E-state index in [2.05, 4.69) is 5.32 Å². The summed E-state index contributed by atoms with van der Waals surface area (Å²) in [5.41, 5.74) is 2.42. The summed E-state index contributed by atoms with van der Waals surface area (Å²) >= 11 is 0. The molecule has 140 valence electrons. The molecular formula is C19H19N3O5. The molecule has 0 radical (unpaired) electrons. The molecule has 0 aromatic heterocycles. The van der Waals surface area contributed by atoms with Gasteiger partial charge in [-0.3, -0.25) is 19.7 Å². The van der Waals surface area contributed by atoms with Crippen molar-refractivity contribution >= 4 is 28.9 Å². The third-order valence-corrected chi connectivity index (χ3v) is 4.34. The van der Waals surface area contributed by atoms with Gasteiger partial charge < -0.3 is 15.0 Å². The van der Waals surface area contributed by atoms with Crippen molar-refractivity contribution in [2.45, 2.75) is 12.8 Å². The van der Waals surface area contributed by atoms with Crippen LogP contribution in [0.2, 0.25) is 0 Å². The van der Waals surface area contributed by atoms with Gasteiger partial charge in [-0.2, -0.15) is 0 Å². The minimum absolute atomic E-state index is 0.0186. The average Bonchev–Trinajstić information content (AvgIpc) is 2.67. The van der Waals surface area contributed by atoms with Crippen molar-refractivity contribution in [1.29, 1.82) is 0 Å². The maximum Gasteiger partial charge on any atom is 0.270 e. The molecule has 0 aliphatic carbocycles. The molecule has 8 nitrogen and oxygen atoms in total. The largest absolute Gasteiger partial charge is 0.375 e.